The van der Waals surface area contributed by atoms with Crippen molar-refractivity contribution in [2.45, 2.75) is 13.5 Å². The fraction of sp³-hybridized carbons (Fsp3) is 0.500. The average molecular weight is 277 g/mol. The third-order valence-corrected chi connectivity index (χ3v) is 3.21. The van der Waals surface area contributed by atoms with E-state index in [1.807, 2.05) is 0 Å². The number of methoxy groups -OCH3 is 1. The highest BCUT2D eigenvalue weighted by Gasteiger charge is 2.00. The quantitative estimate of drug-likeness (QED) is 0.661. The Morgan fingerprint density at radius 1 is 0.950 bits per heavy atom. The Labute approximate surface area is 120 Å². The van der Waals surface area contributed by atoms with Crippen molar-refractivity contribution in [1.29, 1.82) is 0 Å². The Morgan fingerprint density at radius 3 is 2.50 bits per heavy atom. The molecule has 0 aliphatic rings. The summed E-state index contributed by atoms with van der Waals surface area (Å²) in [5.41, 5.74) is 2.55. The van der Waals surface area contributed by atoms with Crippen LogP contribution in [0.25, 0.3) is 10.9 Å². The molecule has 0 aliphatic heterocycles. The molecule has 1 aromatic heterocycles. The summed E-state index contributed by atoms with van der Waals surface area (Å²) >= 11 is 0. The van der Waals surface area contributed by atoms with Crippen molar-refractivity contribution in [2.24, 2.45) is 0 Å². The van der Waals surface area contributed by atoms with Gasteiger partial charge in [-0.25, -0.2) is 0 Å². The maximum absolute atomic E-state index is 5.57. The molecule has 0 bridgehead atoms. The van der Waals surface area contributed by atoms with Crippen LogP contribution in [0, 0.1) is 6.92 Å². The van der Waals surface area contributed by atoms with Crippen LogP contribution in [-0.2, 0) is 20.8 Å². The van der Waals surface area contributed by atoms with Crippen LogP contribution in [0.15, 0.2) is 30.5 Å². The summed E-state index contributed by atoms with van der Waals surface area (Å²) in [4.78, 5) is 0. The number of fused-ring (bicyclic) bond motifs is 1. The van der Waals surface area contributed by atoms with Crippen molar-refractivity contribution >= 4 is 10.9 Å². The molecule has 0 radical (unpaired) electrons. The summed E-state index contributed by atoms with van der Waals surface area (Å²) in [6, 6.07) is 8.66. The minimum atomic E-state index is 0.620. The van der Waals surface area contributed by atoms with E-state index < -0.39 is 0 Å². The molecule has 0 saturated carbocycles. The van der Waals surface area contributed by atoms with Crippen LogP contribution in [-0.4, -0.2) is 44.7 Å². The van der Waals surface area contributed by atoms with Crippen LogP contribution < -0.4 is 0 Å². The molecule has 4 nitrogen and oxygen atoms in total. The fourth-order valence-electron chi connectivity index (χ4n) is 2.14. The van der Waals surface area contributed by atoms with E-state index >= 15 is 0 Å². The number of ether oxygens (including phenoxy) is 3. The molecular weight excluding hydrogens is 254 g/mol. The second-order valence-electron chi connectivity index (χ2n) is 4.79. The minimum Gasteiger partial charge on any atom is -0.382 e. The van der Waals surface area contributed by atoms with Crippen LogP contribution in [0.2, 0.25) is 0 Å². The first-order valence-electron chi connectivity index (χ1n) is 7.01. The van der Waals surface area contributed by atoms with Gasteiger partial charge < -0.3 is 18.8 Å². The number of nitrogens with zero attached hydrogens (tertiary/aromatic N) is 1. The molecule has 2 rings (SSSR count). The SMILES string of the molecule is COCCOCCOCCn1ccc2cc(C)ccc21. The molecule has 2 aromatic rings. The van der Waals surface area contributed by atoms with E-state index in [4.69, 9.17) is 14.2 Å². The predicted molar refractivity (Wildman–Crippen MR) is 80.2 cm³/mol. The zero-order valence-electron chi connectivity index (χ0n) is 12.3. The van der Waals surface area contributed by atoms with Crippen molar-refractivity contribution in [1.82, 2.24) is 4.57 Å². The molecule has 1 aromatic carbocycles. The van der Waals surface area contributed by atoms with Gasteiger partial charge in [-0.2, -0.15) is 0 Å². The lowest BCUT2D eigenvalue weighted by molar-refractivity contribution is 0.0232. The lowest BCUT2D eigenvalue weighted by atomic mass is 10.2. The van der Waals surface area contributed by atoms with E-state index in [1.54, 1.807) is 7.11 Å². The lowest BCUT2D eigenvalue weighted by Gasteiger charge is -2.08. The molecule has 0 atom stereocenters. The molecule has 4 heteroatoms. The van der Waals surface area contributed by atoms with Crippen molar-refractivity contribution < 1.29 is 14.2 Å². The first-order chi connectivity index (χ1) is 9.81. The normalized spacial score (nSPS) is 11.3. The Balaban J connectivity index is 1.68. The van der Waals surface area contributed by atoms with Crippen LogP contribution in [0.5, 0.6) is 0 Å². The Morgan fingerprint density at radius 2 is 1.70 bits per heavy atom. The molecule has 0 N–H and O–H groups in total. The van der Waals surface area contributed by atoms with Crippen molar-refractivity contribution in [2.75, 3.05) is 40.1 Å². The van der Waals surface area contributed by atoms with Gasteiger partial charge in [0.15, 0.2) is 0 Å². The second-order valence-corrected chi connectivity index (χ2v) is 4.79. The third-order valence-electron chi connectivity index (χ3n) is 3.21. The van der Waals surface area contributed by atoms with Gasteiger partial charge in [0.2, 0.25) is 0 Å². The number of hydrogen-bond acceptors (Lipinski definition) is 3. The number of benzene rings is 1. The van der Waals surface area contributed by atoms with Crippen molar-refractivity contribution in [3.05, 3.63) is 36.0 Å². The maximum atomic E-state index is 5.57. The number of aryl methyl sites for hydroxylation is 1. The molecule has 0 amide bonds. The first kappa shape index (κ1) is 15.0. The smallest absolute Gasteiger partial charge is 0.0701 e. The highest BCUT2D eigenvalue weighted by molar-refractivity contribution is 5.80. The predicted octanol–water partition coefficient (Wildman–Crippen LogP) is 2.63. The summed E-state index contributed by atoms with van der Waals surface area (Å²) in [6.07, 6.45) is 2.11. The molecule has 0 fully saturated rings. The first-order valence-corrected chi connectivity index (χ1v) is 7.01. The van der Waals surface area contributed by atoms with Gasteiger partial charge >= 0.3 is 0 Å². The Hall–Kier alpha value is -1.36. The van der Waals surface area contributed by atoms with E-state index in [2.05, 4.69) is 42.0 Å². The fourth-order valence-corrected chi connectivity index (χ4v) is 2.14. The molecule has 0 spiro atoms. The van der Waals surface area contributed by atoms with E-state index in [1.165, 1.54) is 16.5 Å². The molecule has 0 unspecified atom stereocenters. The summed E-state index contributed by atoms with van der Waals surface area (Å²) in [5.74, 6) is 0. The molecule has 1 heterocycles. The average Bonchev–Trinajstić information content (AvgIpc) is 2.84. The Bertz CT molecular complexity index is 521. The largest absolute Gasteiger partial charge is 0.382 e. The van der Waals surface area contributed by atoms with Gasteiger partial charge in [0.05, 0.1) is 33.0 Å². The highest BCUT2D eigenvalue weighted by atomic mass is 16.5. The zero-order chi connectivity index (χ0) is 14.2. The van der Waals surface area contributed by atoms with Crippen molar-refractivity contribution in [3.8, 4) is 0 Å². The summed E-state index contributed by atoms with van der Waals surface area (Å²) < 4.78 is 18.0. The Kier molecular flexibility index (Phi) is 6.05. The van der Waals surface area contributed by atoms with E-state index in [9.17, 15) is 0 Å². The monoisotopic (exact) mass is 277 g/mol. The van der Waals surface area contributed by atoms with Crippen LogP contribution >= 0.6 is 0 Å². The summed E-state index contributed by atoms with van der Waals surface area (Å²) in [5, 5.41) is 1.29. The van der Waals surface area contributed by atoms with Gasteiger partial charge in [-0.1, -0.05) is 11.6 Å². The molecular formula is C16H23NO3. The molecule has 0 aliphatic carbocycles. The van der Waals surface area contributed by atoms with Crippen LogP contribution in [0.3, 0.4) is 0 Å². The number of hydrogen-bond donors (Lipinski definition) is 0. The topological polar surface area (TPSA) is 32.6 Å². The van der Waals surface area contributed by atoms with Crippen LogP contribution in [0.4, 0.5) is 0 Å². The van der Waals surface area contributed by atoms with E-state index in [0.717, 1.165) is 6.54 Å². The van der Waals surface area contributed by atoms with Gasteiger partial charge in [0.1, 0.15) is 0 Å². The highest BCUT2D eigenvalue weighted by Crippen LogP contribution is 2.17. The summed E-state index contributed by atoms with van der Waals surface area (Å²) in [6.45, 7) is 6.19. The van der Waals surface area contributed by atoms with E-state index in [-0.39, 0.29) is 0 Å². The lowest BCUT2D eigenvalue weighted by Crippen LogP contribution is -2.11. The maximum Gasteiger partial charge on any atom is 0.0701 e. The van der Waals surface area contributed by atoms with Crippen LogP contribution in [0.1, 0.15) is 5.56 Å². The van der Waals surface area contributed by atoms with Gasteiger partial charge in [-0.15, -0.1) is 0 Å². The minimum absolute atomic E-state index is 0.620. The third kappa shape index (κ3) is 4.34. The van der Waals surface area contributed by atoms with Gasteiger partial charge in [0.25, 0.3) is 0 Å². The second kappa shape index (κ2) is 8.04. The zero-order valence-corrected chi connectivity index (χ0v) is 12.3. The van der Waals surface area contributed by atoms with E-state index in [0.29, 0.717) is 33.0 Å². The van der Waals surface area contributed by atoms with Gasteiger partial charge in [0, 0.05) is 25.4 Å². The van der Waals surface area contributed by atoms with Crippen molar-refractivity contribution in [3.63, 3.8) is 0 Å². The summed E-state index contributed by atoms with van der Waals surface area (Å²) in [7, 11) is 1.67. The standard InChI is InChI=1S/C16H23NO3/c1-14-3-4-16-15(13-14)5-6-17(16)7-8-19-11-12-20-10-9-18-2/h3-6,13H,7-12H2,1-2H3. The molecule has 20 heavy (non-hydrogen) atoms. The number of rotatable bonds is 9. The van der Waals surface area contributed by atoms with Gasteiger partial charge in [-0.3, -0.25) is 0 Å². The van der Waals surface area contributed by atoms with Gasteiger partial charge in [-0.05, 0) is 30.5 Å². The number of aromatic nitrogens is 1. The molecule has 110 valence electrons. The molecule has 0 saturated heterocycles.